The summed E-state index contributed by atoms with van der Waals surface area (Å²) in [5.74, 6) is -0.289. The summed E-state index contributed by atoms with van der Waals surface area (Å²) < 4.78 is 43.2. The summed E-state index contributed by atoms with van der Waals surface area (Å²) in [6.07, 6.45) is 0.383. The largest absolute Gasteiger partial charge is 0.392 e. The second-order valence-corrected chi connectivity index (χ2v) is 9.33. The molecule has 0 bridgehead atoms. The smallest absolute Gasteiger partial charge is 0.380 e. The highest BCUT2D eigenvalue weighted by Crippen LogP contribution is 2.65. The summed E-state index contributed by atoms with van der Waals surface area (Å²) in [5.41, 5.74) is -0.854. The van der Waals surface area contributed by atoms with Crippen LogP contribution < -0.4 is 9.32 Å². The van der Waals surface area contributed by atoms with Gasteiger partial charge in [0.1, 0.15) is 11.4 Å². The average molecular weight is 385 g/mol. The topological polar surface area (TPSA) is 110 Å². The quantitative estimate of drug-likeness (QED) is 0.715. The Balaban J connectivity index is 1.70. The summed E-state index contributed by atoms with van der Waals surface area (Å²) in [5, 5.41) is 25.7. The van der Waals surface area contributed by atoms with Gasteiger partial charge in [-0.15, -0.1) is 0 Å². The van der Waals surface area contributed by atoms with Gasteiger partial charge in [0.15, 0.2) is 0 Å². The van der Waals surface area contributed by atoms with Crippen LogP contribution >= 0.6 is 0 Å². The van der Waals surface area contributed by atoms with E-state index >= 15 is 4.39 Å². The normalized spacial score (nSPS) is 41.9. The highest BCUT2D eigenvalue weighted by atomic mass is 32.2. The van der Waals surface area contributed by atoms with Gasteiger partial charge in [-0.1, -0.05) is 13.0 Å². The highest BCUT2D eigenvalue weighted by Gasteiger charge is 2.69. The lowest BCUT2D eigenvalue weighted by molar-refractivity contribution is -0.147. The number of hydrogen-bond acceptors (Lipinski definition) is 5. The molecule has 0 amide bonds. The van der Waals surface area contributed by atoms with Crippen LogP contribution in [-0.2, 0) is 16.7 Å². The predicted molar refractivity (Wildman–Crippen MR) is 92.5 cm³/mol. The Morgan fingerprint density at radius 2 is 2.00 bits per heavy atom. The first-order valence-electron chi connectivity index (χ1n) is 8.96. The standard InChI is InChI=1S/C18H24FNO5S/c1-17-7-6-13-12-4-3-11(25-26(20,23)24)8-10(12)2-5-14(13)18(17,19)16(22)9-15(17)21/h3-4,8,13-16,21-22H,2,5-7,9H2,1H3,(H2,20,23,24)/t13-,14-,15+,16-,17-,18-/m1/s1. The van der Waals surface area contributed by atoms with Gasteiger partial charge in [0, 0.05) is 17.8 Å². The van der Waals surface area contributed by atoms with Crippen LogP contribution in [0.4, 0.5) is 4.39 Å². The number of nitrogens with two attached hydrogens (primary N) is 1. The Labute approximate surface area is 152 Å². The monoisotopic (exact) mass is 385 g/mol. The van der Waals surface area contributed by atoms with E-state index in [2.05, 4.69) is 0 Å². The third-order valence-electron chi connectivity index (χ3n) is 6.99. The number of aliphatic hydroxyl groups excluding tert-OH is 2. The van der Waals surface area contributed by atoms with E-state index in [1.54, 1.807) is 19.1 Å². The Morgan fingerprint density at radius 1 is 1.27 bits per heavy atom. The minimum atomic E-state index is -4.09. The number of aryl methyl sites for hydroxylation is 1. The molecule has 0 unspecified atom stereocenters. The highest BCUT2D eigenvalue weighted by molar-refractivity contribution is 7.84. The van der Waals surface area contributed by atoms with E-state index < -0.39 is 33.6 Å². The molecule has 1 aromatic carbocycles. The zero-order chi connectivity index (χ0) is 18.9. The first-order valence-corrected chi connectivity index (χ1v) is 10.4. The Bertz CT molecular complexity index is 846. The molecule has 6 nitrogen and oxygen atoms in total. The third-order valence-corrected chi connectivity index (χ3v) is 7.42. The van der Waals surface area contributed by atoms with Gasteiger partial charge >= 0.3 is 10.3 Å². The van der Waals surface area contributed by atoms with Gasteiger partial charge in [-0.05, 0) is 54.9 Å². The van der Waals surface area contributed by atoms with E-state index in [4.69, 9.17) is 9.32 Å². The molecule has 3 aliphatic rings. The molecule has 2 saturated carbocycles. The third kappa shape index (κ3) is 2.42. The average Bonchev–Trinajstić information content (AvgIpc) is 2.73. The molecule has 0 aliphatic heterocycles. The van der Waals surface area contributed by atoms with Gasteiger partial charge < -0.3 is 14.4 Å². The summed E-state index contributed by atoms with van der Waals surface area (Å²) in [7, 11) is -4.09. The van der Waals surface area contributed by atoms with Crippen molar-refractivity contribution in [1.29, 1.82) is 0 Å². The van der Waals surface area contributed by atoms with Crippen molar-refractivity contribution in [3.63, 3.8) is 0 Å². The molecular formula is C18H24FNO5S. The van der Waals surface area contributed by atoms with Gasteiger partial charge in [0.25, 0.3) is 0 Å². The molecule has 0 radical (unpaired) electrons. The zero-order valence-corrected chi connectivity index (χ0v) is 15.4. The molecule has 144 valence electrons. The molecule has 4 N–H and O–H groups in total. The maximum Gasteiger partial charge on any atom is 0.380 e. The van der Waals surface area contributed by atoms with Crippen LogP contribution in [0.2, 0.25) is 0 Å². The Hall–Kier alpha value is -1.22. The van der Waals surface area contributed by atoms with Crippen LogP contribution in [0.1, 0.15) is 49.7 Å². The Morgan fingerprint density at radius 3 is 2.69 bits per heavy atom. The molecule has 3 aliphatic carbocycles. The second kappa shape index (κ2) is 5.64. The number of fused-ring (bicyclic) bond motifs is 5. The number of alkyl halides is 1. The summed E-state index contributed by atoms with van der Waals surface area (Å²) in [6.45, 7) is 1.75. The predicted octanol–water partition coefficient (Wildman–Crippen LogP) is 1.55. The molecular weight excluding hydrogens is 361 g/mol. The van der Waals surface area contributed by atoms with E-state index in [1.807, 2.05) is 0 Å². The number of hydrogen-bond donors (Lipinski definition) is 3. The van der Waals surface area contributed by atoms with Crippen molar-refractivity contribution in [2.75, 3.05) is 0 Å². The fraction of sp³-hybridized carbons (Fsp3) is 0.667. The lowest BCUT2D eigenvalue weighted by atomic mass is 9.53. The van der Waals surface area contributed by atoms with Crippen molar-refractivity contribution in [1.82, 2.24) is 0 Å². The van der Waals surface area contributed by atoms with Gasteiger partial charge in [-0.3, -0.25) is 0 Å². The fourth-order valence-electron chi connectivity index (χ4n) is 5.70. The van der Waals surface area contributed by atoms with Gasteiger partial charge in [-0.25, -0.2) is 4.39 Å². The van der Waals surface area contributed by atoms with Gasteiger partial charge in [0.05, 0.1) is 12.2 Å². The molecule has 26 heavy (non-hydrogen) atoms. The molecule has 1 aromatic rings. The van der Waals surface area contributed by atoms with Crippen molar-refractivity contribution >= 4 is 10.3 Å². The summed E-state index contributed by atoms with van der Waals surface area (Å²) in [6, 6.07) is 4.95. The molecule has 6 atom stereocenters. The van der Waals surface area contributed by atoms with Crippen LogP contribution in [0.5, 0.6) is 5.75 Å². The molecule has 2 fully saturated rings. The molecule has 8 heteroatoms. The number of halogens is 1. The van der Waals surface area contributed by atoms with E-state index in [9.17, 15) is 18.6 Å². The van der Waals surface area contributed by atoms with Crippen molar-refractivity contribution in [2.45, 2.75) is 62.8 Å². The van der Waals surface area contributed by atoms with Crippen molar-refractivity contribution < 1.29 is 27.2 Å². The first-order chi connectivity index (χ1) is 12.1. The first kappa shape index (κ1) is 18.2. The molecule has 0 saturated heterocycles. The zero-order valence-electron chi connectivity index (χ0n) is 14.6. The lowest BCUT2D eigenvalue weighted by Crippen LogP contribution is -2.58. The number of aliphatic hydroxyl groups is 2. The van der Waals surface area contributed by atoms with Crippen molar-refractivity contribution in [3.05, 3.63) is 29.3 Å². The van der Waals surface area contributed by atoms with Crippen molar-refractivity contribution in [2.24, 2.45) is 16.5 Å². The second-order valence-electron chi connectivity index (χ2n) is 8.18. The fourth-order valence-corrected chi connectivity index (χ4v) is 6.07. The molecule has 0 aromatic heterocycles. The van der Waals surface area contributed by atoms with E-state index in [1.165, 1.54) is 6.07 Å². The van der Waals surface area contributed by atoms with Crippen LogP contribution in [0.3, 0.4) is 0 Å². The lowest BCUT2D eigenvalue weighted by Gasteiger charge is -2.54. The van der Waals surface area contributed by atoms with E-state index in [-0.39, 0.29) is 24.0 Å². The maximum absolute atomic E-state index is 16.2. The van der Waals surface area contributed by atoms with Crippen LogP contribution in [0.25, 0.3) is 0 Å². The number of benzene rings is 1. The SMILES string of the molecule is C[C@]12CC[C@@H]3c4ccc(OS(N)(=O)=O)cc4CC[C@H]3[C@@]1(F)[C@H](O)C[C@@H]2O. The molecule has 0 spiro atoms. The molecule has 0 heterocycles. The van der Waals surface area contributed by atoms with Crippen LogP contribution in [-0.4, -0.2) is 36.5 Å². The number of rotatable bonds is 2. The molecule has 4 rings (SSSR count). The van der Waals surface area contributed by atoms with E-state index in [0.717, 1.165) is 17.5 Å². The maximum atomic E-state index is 16.2. The van der Waals surface area contributed by atoms with E-state index in [0.29, 0.717) is 19.3 Å². The summed E-state index contributed by atoms with van der Waals surface area (Å²) in [4.78, 5) is 0. The summed E-state index contributed by atoms with van der Waals surface area (Å²) >= 11 is 0. The van der Waals surface area contributed by atoms with Crippen LogP contribution in [0.15, 0.2) is 18.2 Å². The minimum absolute atomic E-state index is 0.0692. The Kier molecular flexibility index (Phi) is 3.94. The van der Waals surface area contributed by atoms with Gasteiger partial charge in [-0.2, -0.15) is 13.6 Å². The van der Waals surface area contributed by atoms with Crippen LogP contribution in [0, 0.1) is 11.3 Å². The minimum Gasteiger partial charge on any atom is -0.392 e. The van der Waals surface area contributed by atoms with Gasteiger partial charge in [0.2, 0.25) is 0 Å². The van der Waals surface area contributed by atoms with Crippen molar-refractivity contribution in [3.8, 4) is 5.75 Å².